The fourth-order valence-electron chi connectivity index (χ4n) is 4.31. The highest BCUT2D eigenvalue weighted by Crippen LogP contribution is 2.51. The van der Waals surface area contributed by atoms with Gasteiger partial charge < -0.3 is 10.1 Å². The number of nitrogens with zero attached hydrogens (tertiary/aromatic N) is 3. The van der Waals surface area contributed by atoms with E-state index in [1.165, 1.54) is 0 Å². The summed E-state index contributed by atoms with van der Waals surface area (Å²) in [6.07, 6.45) is 1.28. The van der Waals surface area contributed by atoms with E-state index in [4.69, 9.17) is 16.3 Å². The lowest BCUT2D eigenvalue weighted by molar-refractivity contribution is 0.223. The van der Waals surface area contributed by atoms with E-state index in [2.05, 4.69) is 55.6 Å². The third kappa shape index (κ3) is 3.06. The fraction of sp³-hybridized carbons (Fsp3) is 0.0833. The zero-order chi connectivity index (χ0) is 20.9. The minimum absolute atomic E-state index is 0.171. The largest absolute Gasteiger partial charge is 0.480 e. The molecule has 5 nitrogen and oxygen atoms in total. The van der Waals surface area contributed by atoms with E-state index in [0.29, 0.717) is 11.0 Å². The number of aromatic nitrogens is 3. The summed E-state index contributed by atoms with van der Waals surface area (Å²) in [5.41, 5.74) is 5.13. The minimum atomic E-state index is -0.299. The summed E-state index contributed by atoms with van der Waals surface area (Å²) < 4.78 is 9.53. The quantitative estimate of drug-likeness (QED) is 0.360. The molecule has 0 radical (unpaired) electrons. The Balaban J connectivity index is 1.64. The van der Waals surface area contributed by atoms with Crippen LogP contribution in [0.1, 0.15) is 28.8 Å². The van der Waals surface area contributed by atoms with Crippen LogP contribution in [-0.4, -0.2) is 14.8 Å². The Kier molecular flexibility index (Phi) is 4.37. The maximum absolute atomic E-state index is 6.59. The van der Waals surface area contributed by atoms with E-state index in [1.54, 1.807) is 6.33 Å². The number of rotatable bonds is 2. The highest BCUT2D eigenvalue weighted by atomic mass is 79.9. The van der Waals surface area contributed by atoms with Crippen molar-refractivity contribution in [3.8, 4) is 5.75 Å². The molecule has 3 aromatic carbocycles. The van der Waals surface area contributed by atoms with Crippen molar-refractivity contribution in [3.05, 3.63) is 111 Å². The van der Waals surface area contributed by atoms with Crippen molar-refractivity contribution in [2.45, 2.75) is 12.1 Å². The monoisotopic (exact) mass is 490 g/mol. The summed E-state index contributed by atoms with van der Waals surface area (Å²) in [6, 6.07) is 24.1. The first-order valence-corrected chi connectivity index (χ1v) is 11.0. The van der Waals surface area contributed by atoms with Gasteiger partial charge in [-0.15, -0.1) is 0 Å². The van der Waals surface area contributed by atoms with Crippen LogP contribution in [0, 0.1) is 0 Å². The Morgan fingerprint density at radius 2 is 1.77 bits per heavy atom. The number of hydrogen-bond acceptors (Lipinski definition) is 4. The number of halogens is 2. The normalized spacial score (nSPS) is 19.0. The smallest absolute Gasteiger partial charge is 0.226 e. The van der Waals surface area contributed by atoms with Crippen LogP contribution in [0.4, 0.5) is 5.95 Å². The predicted molar refractivity (Wildman–Crippen MR) is 124 cm³/mol. The van der Waals surface area contributed by atoms with Crippen LogP contribution >= 0.6 is 27.5 Å². The molecule has 0 aliphatic carbocycles. The van der Waals surface area contributed by atoms with Gasteiger partial charge in [0.05, 0.1) is 5.70 Å². The number of ether oxygens (including phenoxy) is 1. The molecule has 1 aromatic heterocycles. The van der Waals surface area contributed by atoms with Crippen LogP contribution < -0.4 is 10.1 Å². The molecule has 0 saturated carbocycles. The maximum Gasteiger partial charge on any atom is 0.226 e. The summed E-state index contributed by atoms with van der Waals surface area (Å²) in [6.45, 7) is 0. The molecule has 2 aliphatic heterocycles. The molecular formula is C24H16BrClN4O. The fourth-order valence-corrected chi connectivity index (χ4v) is 4.75. The van der Waals surface area contributed by atoms with E-state index < -0.39 is 0 Å². The number of fused-ring (bicyclic) bond motifs is 3. The van der Waals surface area contributed by atoms with E-state index in [-0.39, 0.29) is 12.1 Å². The Morgan fingerprint density at radius 3 is 2.58 bits per heavy atom. The predicted octanol–water partition coefficient (Wildman–Crippen LogP) is 6.25. The summed E-state index contributed by atoms with van der Waals surface area (Å²) >= 11 is 9.90. The summed E-state index contributed by atoms with van der Waals surface area (Å²) in [7, 11) is 0. The maximum atomic E-state index is 6.59. The molecule has 1 N–H and O–H groups in total. The SMILES string of the molecule is Clc1ccc2c(c1)C1=C([C@H](c3ccccc3)n3ncnc3N1)[C@@H](c1ccc(Br)cc1)O2. The Labute approximate surface area is 192 Å². The van der Waals surface area contributed by atoms with Crippen molar-refractivity contribution < 1.29 is 4.74 Å². The standard InChI is InChI=1S/C24H16BrClN4O/c25-16-8-6-15(7-9-16)23-20-21(18-12-17(26)10-11-19(18)31-23)29-24-27-13-28-30(24)22(20)14-4-2-1-3-5-14/h1-13,22-23H,(H,27,28,29)/t22-,23+/m0/s1. The molecule has 0 fully saturated rings. The van der Waals surface area contributed by atoms with Crippen LogP contribution in [0.25, 0.3) is 5.70 Å². The molecule has 3 heterocycles. The molecule has 0 bridgehead atoms. The zero-order valence-electron chi connectivity index (χ0n) is 16.2. The van der Waals surface area contributed by atoms with Crippen LogP contribution in [0.2, 0.25) is 5.02 Å². The first kappa shape index (κ1) is 18.7. The molecule has 2 atom stereocenters. The average Bonchev–Trinajstić information content (AvgIpc) is 3.27. The average molecular weight is 492 g/mol. The van der Waals surface area contributed by atoms with Crippen molar-refractivity contribution in [2.24, 2.45) is 0 Å². The van der Waals surface area contributed by atoms with Gasteiger partial charge in [0.1, 0.15) is 24.2 Å². The molecule has 7 heteroatoms. The minimum Gasteiger partial charge on any atom is -0.480 e. The van der Waals surface area contributed by atoms with Gasteiger partial charge in [-0.1, -0.05) is 70.0 Å². The molecule has 0 saturated heterocycles. The van der Waals surface area contributed by atoms with E-state index in [1.807, 2.05) is 53.2 Å². The summed E-state index contributed by atoms with van der Waals surface area (Å²) in [4.78, 5) is 4.45. The van der Waals surface area contributed by atoms with Crippen molar-refractivity contribution in [1.82, 2.24) is 14.8 Å². The second-order valence-electron chi connectivity index (χ2n) is 7.49. The highest BCUT2D eigenvalue weighted by molar-refractivity contribution is 9.10. The number of hydrogen-bond donors (Lipinski definition) is 1. The Morgan fingerprint density at radius 1 is 0.968 bits per heavy atom. The lowest BCUT2D eigenvalue weighted by Gasteiger charge is -2.39. The number of nitrogens with one attached hydrogen (secondary N) is 1. The lowest BCUT2D eigenvalue weighted by Crippen LogP contribution is -2.32. The highest BCUT2D eigenvalue weighted by Gasteiger charge is 2.40. The Bertz CT molecular complexity index is 1320. The first-order valence-electron chi connectivity index (χ1n) is 9.86. The van der Waals surface area contributed by atoms with E-state index in [9.17, 15) is 0 Å². The molecule has 6 rings (SSSR count). The van der Waals surface area contributed by atoms with Crippen LogP contribution in [0.3, 0.4) is 0 Å². The summed E-state index contributed by atoms with van der Waals surface area (Å²) in [5, 5.41) is 8.69. The Hall–Kier alpha value is -3.09. The molecule has 4 aromatic rings. The van der Waals surface area contributed by atoms with E-state index >= 15 is 0 Å². The molecule has 152 valence electrons. The topological polar surface area (TPSA) is 52.0 Å². The number of anilines is 1. The van der Waals surface area contributed by atoms with Crippen LogP contribution in [-0.2, 0) is 0 Å². The first-order chi connectivity index (χ1) is 15.2. The van der Waals surface area contributed by atoms with Gasteiger partial charge >= 0.3 is 0 Å². The van der Waals surface area contributed by atoms with E-state index in [0.717, 1.165) is 38.2 Å². The molecule has 2 aliphatic rings. The molecule has 0 spiro atoms. The number of benzene rings is 3. The molecule has 0 amide bonds. The summed E-state index contributed by atoms with van der Waals surface area (Å²) in [5.74, 6) is 1.47. The van der Waals surface area contributed by atoms with Gasteiger partial charge in [0.2, 0.25) is 5.95 Å². The molecule has 0 unspecified atom stereocenters. The third-order valence-corrected chi connectivity index (χ3v) is 6.43. The van der Waals surface area contributed by atoms with Crippen molar-refractivity contribution in [1.29, 1.82) is 0 Å². The third-order valence-electron chi connectivity index (χ3n) is 5.66. The van der Waals surface area contributed by atoms with Crippen LogP contribution in [0.5, 0.6) is 5.75 Å². The van der Waals surface area contributed by atoms with Gasteiger partial charge in [-0.25, -0.2) is 4.68 Å². The van der Waals surface area contributed by atoms with Crippen molar-refractivity contribution in [3.63, 3.8) is 0 Å². The lowest BCUT2D eigenvalue weighted by atomic mass is 9.84. The van der Waals surface area contributed by atoms with Crippen LogP contribution in [0.15, 0.2) is 89.2 Å². The van der Waals surface area contributed by atoms with Gasteiger partial charge in [0, 0.05) is 20.6 Å². The molecule has 31 heavy (non-hydrogen) atoms. The van der Waals surface area contributed by atoms with Gasteiger partial charge in [-0.3, -0.25) is 0 Å². The molecular weight excluding hydrogens is 476 g/mol. The second kappa shape index (κ2) is 7.25. The van der Waals surface area contributed by atoms with Gasteiger partial charge in [0.25, 0.3) is 0 Å². The second-order valence-corrected chi connectivity index (χ2v) is 8.84. The zero-order valence-corrected chi connectivity index (χ0v) is 18.5. The van der Waals surface area contributed by atoms with Crippen molar-refractivity contribution in [2.75, 3.05) is 5.32 Å². The van der Waals surface area contributed by atoms with Crippen molar-refractivity contribution >= 4 is 39.2 Å². The van der Waals surface area contributed by atoms with Gasteiger partial charge in [-0.05, 0) is 41.5 Å². The van der Waals surface area contributed by atoms with Gasteiger partial charge in [-0.2, -0.15) is 10.1 Å². The van der Waals surface area contributed by atoms with Gasteiger partial charge in [0.15, 0.2) is 0 Å².